The van der Waals surface area contributed by atoms with Gasteiger partial charge >= 0.3 is 5.97 Å². The first kappa shape index (κ1) is 10.9. The molecule has 0 aromatic carbocycles. The molecular formula is C9H16O3S. The van der Waals surface area contributed by atoms with E-state index >= 15 is 0 Å². The van der Waals surface area contributed by atoms with E-state index in [0.717, 1.165) is 18.6 Å². The third-order valence-electron chi connectivity index (χ3n) is 2.34. The van der Waals surface area contributed by atoms with Gasteiger partial charge in [0, 0.05) is 0 Å². The third-order valence-corrected chi connectivity index (χ3v) is 3.58. The lowest BCUT2D eigenvalue weighted by atomic mass is 9.96. The molecule has 4 heteroatoms. The van der Waals surface area contributed by atoms with Gasteiger partial charge in [-0.15, -0.1) is 0 Å². The lowest BCUT2D eigenvalue weighted by Gasteiger charge is -2.25. The molecule has 2 atom stereocenters. The summed E-state index contributed by atoms with van der Waals surface area (Å²) in [5.41, 5.74) is 0. The average Bonchev–Trinajstić information content (AvgIpc) is 2.19. The fraction of sp³-hybridized carbons (Fsp3) is 0.889. The van der Waals surface area contributed by atoms with Crippen molar-refractivity contribution in [3.05, 3.63) is 0 Å². The zero-order valence-electron chi connectivity index (χ0n) is 7.86. The molecule has 0 saturated carbocycles. The number of rotatable bonds is 3. The van der Waals surface area contributed by atoms with Crippen molar-refractivity contribution in [2.45, 2.75) is 25.4 Å². The number of ether oxygens (including phenoxy) is 1. The maximum Gasteiger partial charge on any atom is 0.308 e. The fourth-order valence-electron chi connectivity index (χ4n) is 1.49. The summed E-state index contributed by atoms with van der Waals surface area (Å²) in [7, 11) is 1.35. The van der Waals surface area contributed by atoms with Crippen LogP contribution in [0.25, 0.3) is 0 Å². The number of esters is 1. The predicted molar refractivity (Wildman–Crippen MR) is 52.7 cm³/mol. The Hall–Kier alpha value is -0.220. The van der Waals surface area contributed by atoms with Gasteiger partial charge in [-0.3, -0.25) is 4.79 Å². The van der Waals surface area contributed by atoms with Crippen LogP contribution in [0.2, 0.25) is 0 Å². The molecule has 3 nitrogen and oxygen atoms in total. The van der Waals surface area contributed by atoms with E-state index in [-0.39, 0.29) is 18.3 Å². The first-order valence-electron chi connectivity index (χ1n) is 4.56. The Morgan fingerprint density at radius 1 is 1.77 bits per heavy atom. The minimum atomic E-state index is -0.514. The monoisotopic (exact) mass is 204 g/mol. The Balaban J connectivity index is 2.28. The third kappa shape index (κ3) is 3.56. The Morgan fingerprint density at radius 2 is 2.54 bits per heavy atom. The van der Waals surface area contributed by atoms with Gasteiger partial charge in [0.25, 0.3) is 0 Å². The molecular weight excluding hydrogens is 188 g/mol. The van der Waals surface area contributed by atoms with Crippen LogP contribution in [0.3, 0.4) is 0 Å². The number of carbonyl (C=O) groups excluding carboxylic acids is 1. The van der Waals surface area contributed by atoms with Crippen LogP contribution in [0.5, 0.6) is 0 Å². The molecule has 0 amide bonds. The molecule has 0 bridgehead atoms. The summed E-state index contributed by atoms with van der Waals surface area (Å²) in [6, 6.07) is 0. The van der Waals surface area contributed by atoms with Gasteiger partial charge in [-0.2, -0.15) is 11.8 Å². The minimum Gasteiger partial charge on any atom is -0.469 e. The highest BCUT2D eigenvalue weighted by atomic mass is 32.2. The molecule has 1 unspecified atom stereocenters. The van der Waals surface area contributed by atoms with Crippen LogP contribution in [-0.4, -0.2) is 35.8 Å². The molecule has 0 aromatic rings. The van der Waals surface area contributed by atoms with Gasteiger partial charge in [-0.05, 0) is 30.3 Å². The molecule has 76 valence electrons. The van der Waals surface area contributed by atoms with Gasteiger partial charge < -0.3 is 9.84 Å². The highest BCUT2D eigenvalue weighted by Gasteiger charge is 2.24. The molecule has 0 spiro atoms. The van der Waals surface area contributed by atoms with Crippen molar-refractivity contribution in [3.8, 4) is 0 Å². The zero-order chi connectivity index (χ0) is 9.68. The van der Waals surface area contributed by atoms with Crippen molar-refractivity contribution in [3.63, 3.8) is 0 Å². The van der Waals surface area contributed by atoms with Crippen LogP contribution >= 0.6 is 11.8 Å². The number of carbonyl (C=O) groups is 1. The first-order valence-corrected chi connectivity index (χ1v) is 5.72. The van der Waals surface area contributed by atoms with Gasteiger partial charge in [-0.1, -0.05) is 0 Å². The first-order chi connectivity index (χ1) is 6.24. The average molecular weight is 204 g/mol. The second-order valence-corrected chi connectivity index (χ2v) is 4.47. The Labute approximate surface area is 82.8 Å². The Morgan fingerprint density at radius 3 is 3.08 bits per heavy atom. The van der Waals surface area contributed by atoms with Crippen molar-refractivity contribution in [2.75, 3.05) is 18.6 Å². The predicted octanol–water partition coefficient (Wildman–Crippen LogP) is 1.05. The van der Waals surface area contributed by atoms with Crippen LogP contribution in [0.15, 0.2) is 0 Å². The van der Waals surface area contributed by atoms with E-state index in [2.05, 4.69) is 4.74 Å². The summed E-state index contributed by atoms with van der Waals surface area (Å²) in [6.07, 6.45) is 1.81. The maximum atomic E-state index is 10.9. The van der Waals surface area contributed by atoms with E-state index in [0.29, 0.717) is 0 Å². The van der Waals surface area contributed by atoms with Crippen LogP contribution < -0.4 is 0 Å². The molecule has 0 aromatic heterocycles. The van der Waals surface area contributed by atoms with E-state index in [1.807, 2.05) is 11.8 Å². The number of hydrogen-bond donors (Lipinski definition) is 1. The van der Waals surface area contributed by atoms with Crippen molar-refractivity contribution >= 4 is 17.7 Å². The zero-order valence-corrected chi connectivity index (χ0v) is 8.68. The maximum absolute atomic E-state index is 10.9. The van der Waals surface area contributed by atoms with E-state index < -0.39 is 6.10 Å². The van der Waals surface area contributed by atoms with Crippen LogP contribution in [0.4, 0.5) is 0 Å². The van der Waals surface area contributed by atoms with Gasteiger partial charge in [0.15, 0.2) is 0 Å². The minimum absolute atomic E-state index is 0.141. The molecule has 1 heterocycles. The second-order valence-electron chi connectivity index (χ2n) is 3.32. The van der Waals surface area contributed by atoms with Crippen LogP contribution in [-0.2, 0) is 9.53 Å². The SMILES string of the molecule is COC(=O)C[C@H](O)C1CCCSC1. The number of methoxy groups -OCH3 is 1. The summed E-state index contributed by atoms with van der Waals surface area (Å²) in [6.45, 7) is 0. The van der Waals surface area contributed by atoms with E-state index in [1.54, 1.807) is 0 Å². The molecule has 1 fully saturated rings. The molecule has 1 aliphatic rings. The van der Waals surface area contributed by atoms with E-state index in [9.17, 15) is 9.90 Å². The number of hydrogen-bond acceptors (Lipinski definition) is 4. The van der Waals surface area contributed by atoms with Crippen molar-refractivity contribution in [1.29, 1.82) is 0 Å². The summed E-state index contributed by atoms with van der Waals surface area (Å²) in [5.74, 6) is 2.11. The Kier molecular flexibility index (Phi) is 4.59. The van der Waals surface area contributed by atoms with Crippen LogP contribution in [0, 0.1) is 5.92 Å². The molecule has 1 rings (SSSR count). The van der Waals surface area contributed by atoms with Crippen molar-refractivity contribution < 1.29 is 14.6 Å². The highest BCUT2D eigenvalue weighted by Crippen LogP contribution is 2.26. The Bertz CT molecular complexity index is 166. The number of thioether (sulfide) groups is 1. The lowest BCUT2D eigenvalue weighted by molar-refractivity contribution is -0.143. The summed E-state index contributed by atoms with van der Waals surface area (Å²) < 4.78 is 4.51. The number of aliphatic hydroxyl groups is 1. The molecule has 13 heavy (non-hydrogen) atoms. The van der Waals surface area contributed by atoms with E-state index in [1.165, 1.54) is 12.9 Å². The normalized spacial score (nSPS) is 25.2. The quantitative estimate of drug-likeness (QED) is 0.698. The fourth-order valence-corrected chi connectivity index (χ4v) is 2.72. The van der Waals surface area contributed by atoms with Gasteiger partial charge in [0.1, 0.15) is 0 Å². The smallest absolute Gasteiger partial charge is 0.308 e. The van der Waals surface area contributed by atoms with E-state index in [4.69, 9.17) is 0 Å². The topological polar surface area (TPSA) is 46.5 Å². The molecule has 0 aliphatic carbocycles. The lowest BCUT2D eigenvalue weighted by Crippen LogP contribution is -2.28. The molecule has 0 radical (unpaired) electrons. The largest absolute Gasteiger partial charge is 0.469 e. The summed E-state index contributed by atoms with van der Waals surface area (Å²) >= 11 is 1.85. The second kappa shape index (κ2) is 5.50. The van der Waals surface area contributed by atoms with Crippen LogP contribution in [0.1, 0.15) is 19.3 Å². The van der Waals surface area contributed by atoms with Gasteiger partial charge in [0.2, 0.25) is 0 Å². The molecule has 1 N–H and O–H groups in total. The highest BCUT2D eigenvalue weighted by molar-refractivity contribution is 7.99. The summed E-state index contributed by atoms with van der Waals surface area (Å²) in [5, 5.41) is 9.66. The molecule has 1 saturated heterocycles. The van der Waals surface area contributed by atoms with Gasteiger partial charge in [0.05, 0.1) is 19.6 Å². The van der Waals surface area contributed by atoms with Gasteiger partial charge in [-0.25, -0.2) is 0 Å². The van der Waals surface area contributed by atoms with Crippen molar-refractivity contribution in [2.24, 2.45) is 5.92 Å². The standard InChI is InChI=1S/C9H16O3S/c1-12-9(11)5-8(10)7-3-2-4-13-6-7/h7-8,10H,2-6H2,1H3/t7?,8-/m0/s1. The van der Waals surface area contributed by atoms with Crippen molar-refractivity contribution in [1.82, 2.24) is 0 Å². The summed E-state index contributed by atoms with van der Waals surface area (Å²) in [4.78, 5) is 10.9. The molecule has 1 aliphatic heterocycles. The number of aliphatic hydroxyl groups excluding tert-OH is 1.